The minimum Gasteiger partial charge on any atom is -0.364 e. The van der Waals surface area contributed by atoms with Gasteiger partial charge < -0.3 is 5.73 Å². The lowest BCUT2D eigenvalue weighted by molar-refractivity contribution is 0.0947. The van der Waals surface area contributed by atoms with Crippen LogP contribution < -0.4 is 17.0 Å². The number of nitrogens with zero attached hydrogens (tertiary/aromatic N) is 5. The van der Waals surface area contributed by atoms with Crippen LogP contribution in [0.2, 0.25) is 0 Å². The maximum Gasteiger partial charge on any atom is 0.287 e. The molecule has 0 atom stereocenters. The quantitative estimate of drug-likeness (QED) is 0.319. The average molecular weight is 264 g/mol. The van der Waals surface area contributed by atoms with E-state index in [0.29, 0.717) is 13.1 Å². The Morgan fingerprint density at radius 3 is 2.63 bits per heavy atom. The lowest BCUT2D eigenvalue weighted by Gasteiger charge is -2.00. The summed E-state index contributed by atoms with van der Waals surface area (Å²) in [7, 11) is 0. The molecule has 0 aliphatic rings. The van der Waals surface area contributed by atoms with E-state index < -0.39 is 11.8 Å². The molecular formula is C9H12N8O2. The van der Waals surface area contributed by atoms with Crippen LogP contribution in [0.1, 0.15) is 21.0 Å². The Morgan fingerprint density at radius 2 is 2.00 bits per heavy atom. The topological polar surface area (TPSA) is 147 Å². The Morgan fingerprint density at radius 1 is 1.26 bits per heavy atom. The first kappa shape index (κ1) is 12.7. The van der Waals surface area contributed by atoms with Gasteiger partial charge in [-0.15, -0.1) is 5.10 Å². The number of hydrazine groups is 1. The highest BCUT2D eigenvalue weighted by molar-refractivity contribution is 5.91. The number of rotatable bonds is 5. The van der Waals surface area contributed by atoms with Crippen molar-refractivity contribution in [3.8, 4) is 0 Å². The summed E-state index contributed by atoms with van der Waals surface area (Å²) >= 11 is 0. The van der Waals surface area contributed by atoms with Crippen LogP contribution in [0.15, 0.2) is 18.5 Å². The van der Waals surface area contributed by atoms with Crippen LogP contribution in [0.5, 0.6) is 0 Å². The van der Waals surface area contributed by atoms with Crippen LogP contribution in [-0.2, 0) is 13.1 Å². The van der Waals surface area contributed by atoms with E-state index in [9.17, 15) is 9.59 Å². The van der Waals surface area contributed by atoms with E-state index in [1.807, 2.05) is 5.43 Å². The van der Waals surface area contributed by atoms with Gasteiger partial charge in [0.15, 0.2) is 5.69 Å². The van der Waals surface area contributed by atoms with E-state index in [1.165, 1.54) is 16.9 Å². The Labute approximate surface area is 107 Å². The van der Waals surface area contributed by atoms with Gasteiger partial charge in [0.25, 0.3) is 11.8 Å². The number of hydrogen-bond donors (Lipinski definition) is 3. The van der Waals surface area contributed by atoms with E-state index in [4.69, 9.17) is 11.6 Å². The zero-order chi connectivity index (χ0) is 13.8. The fraction of sp³-hybridized carbons (Fsp3) is 0.222. The van der Waals surface area contributed by atoms with E-state index in [1.54, 1.807) is 10.9 Å². The van der Waals surface area contributed by atoms with Crippen molar-refractivity contribution >= 4 is 11.8 Å². The summed E-state index contributed by atoms with van der Waals surface area (Å²) in [5.74, 6) is 3.88. The molecule has 0 spiro atoms. The third-order valence-corrected chi connectivity index (χ3v) is 2.35. The molecule has 0 aromatic carbocycles. The molecule has 2 rings (SSSR count). The first-order chi connectivity index (χ1) is 9.10. The second-order valence-corrected chi connectivity index (χ2v) is 3.67. The van der Waals surface area contributed by atoms with Crippen LogP contribution in [0.4, 0.5) is 0 Å². The summed E-state index contributed by atoms with van der Waals surface area (Å²) in [6, 6.07) is 1.52. The number of aryl methyl sites for hydroxylation is 2. The van der Waals surface area contributed by atoms with Gasteiger partial charge in [0.2, 0.25) is 0 Å². The molecule has 0 saturated carbocycles. The molecule has 5 N–H and O–H groups in total. The Kier molecular flexibility index (Phi) is 3.52. The summed E-state index contributed by atoms with van der Waals surface area (Å²) in [4.78, 5) is 22.0. The van der Waals surface area contributed by atoms with Crippen molar-refractivity contribution in [1.82, 2.24) is 30.2 Å². The summed E-state index contributed by atoms with van der Waals surface area (Å²) in [5, 5.41) is 11.4. The number of primary amides is 1. The summed E-state index contributed by atoms with van der Waals surface area (Å²) < 4.78 is 3.01. The molecule has 0 bridgehead atoms. The van der Waals surface area contributed by atoms with E-state index >= 15 is 0 Å². The van der Waals surface area contributed by atoms with Crippen LogP contribution >= 0.6 is 0 Å². The van der Waals surface area contributed by atoms with Gasteiger partial charge in [-0.05, 0) is 6.07 Å². The smallest absolute Gasteiger partial charge is 0.287 e. The van der Waals surface area contributed by atoms with Crippen LogP contribution in [0.25, 0.3) is 0 Å². The highest BCUT2D eigenvalue weighted by Gasteiger charge is 2.09. The summed E-state index contributed by atoms with van der Waals surface area (Å²) in [5.41, 5.74) is 7.37. The second-order valence-electron chi connectivity index (χ2n) is 3.67. The minimum absolute atomic E-state index is 0.126. The molecule has 0 radical (unpaired) electrons. The average Bonchev–Trinajstić information content (AvgIpc) is 3.04. The number of aromatic nitrogens is 5. The maximum absolute atomic E-state index is 11.2. The van der Waals surface area contributed by atoms with Crippen molar-refractivity contribution in [3.05, 3.63) is 29.8 Å². The monoisotopic (exact) mass is 264 g/mol. The molecule has 2 amide bonds. The van der Waals surface area contributed by atoms with Gasteiger partial charge in [-0.1, -0.05) is 5.21 Å². The van der Waals surface area contributed by atoms with Gasteiger partial charge in [0.1, 0.15) is 5.69 Å². The number of amides is 2. The van der Waals surface area contributed by atoms with Crippen molar-refractivity contribution in [2.75, 3.05) is 0 Å². The van der Waals surface area contributed by atoms with E-state index in [0.717, 1.165) is 0 Å². The van der Waals surface area contributed by atoms with Gasteiger partial charge in [-0.25, -0.2) is 10.5 Å². The molecule has 0 unspecified atom stereocenters. The van der Waals surface area contributed by atoms with Gasteiger partial charge in [-0.2, -0.15) is 5.10 Å². The molecule has 0 fully saturated rings. The number of nitrogen functional groups attached to an aromatic ring is 1. The number of nitrogens with two attached hydrogens (primary N) is 2. The van der Waals surface area contributed by atoms with E-state index in [2.05, 4.69) is 15.4 Å². The summed E-state index contributed by atoms with van der Waals surface area (Å²) in [6.45, 7) is 0.894. The predicted octanol–water partition coefficient (Wildman–Crippen LogP) is -2.12. The summed E-state index contributed by atoms with van der Waals surface area (Å²) in [6.07, 6.45) is 3.09. The lowest BCUT2D eigenvalue weighted by Crippen LogP contribution is -2.30. The molecule has 10 nitrogen and oxygen atoms in total. The molecule has 100 valence electrons. The largest absolute Gasteiger partial charge is 0.364 e. The van der Waals surface area contributed by atoms with Crippen LogP contribution in [-0.4, -0.2) is 36.6 Å². The van der Waals surface area contributed by atoms with Crippen molar-refractivity contribution in [1.29, 1.82) is 0 Å². The second kappa shape index (κ2) is 5.27. The number of hydrogen-bond acceptors (Lipinski definition) is 6. The molecule has 2 aromatic heterocycles. The standard InChI is InChI=1S/C9H12N8O2/c10-8(18)6-1-2-16(14-6)3-4-17-5-7(13-15-17)9(19)12-11/h1-2,5H,3-4,11H2,(H2,10,18)(H,12,19). The number of carbonyl (C=O) groups is 2. The van der Waals surface area contributed by atoms with Crippen LogP contribution in [0, 0.1) is 0 Å². The highest BCUT2D eigenvalue weighted by Crippen LogP contribution is 1.97. The van der Waals surface area contributed by atoms with Gasteiger partial charge in [-0.3, -0.25) is 19.7 Å². The third kappa shape index (κ3) is 2.93. The lowest BCUT2D eigenvalue weighted by atomic mass is 10.4. The SMILES string of the molecule is NNC(=O)c1cn(CCn2ccc(C(N)=O)n2)nn1. The van der Waals surface area contributed by atoms with Crippen LogP contribution in [0.3, 0.4) is 0 Å². The first-order valence-corrected chi connectivity index (χ1v) is 5.34. The van der Waals surface area contributed by atoms with Crippen molar-refractivity contribution in [2.24, 2.45) is 11.6 Å². The van der Waals surface area contributed by atoms with Crippen molar-refractivity contribution in [3.63, 3.8) is 0 Å². The molecule has 10 heteroatoms. The molecule has 0 aliphatic carbocycles. The Hall–Kier alpha value is -2.75. The van der Waals surface area contributed by atoms with Gasteiger partial charge in [0, 0.05) is 6.20 Å². The fourth-order valence-electron chi connectivity index (χ4n) is 1.41. The fourth-order valence-corrected chi connectivity index (χ4v) is 1.41. The molecule has 19 heavy (non-hydrogen) atoms. The zero-order valence-corrected chi connectivity index (χ0v) is 9.85. The Balaban J connectivity index is 1.96. The molecular weight excluding hydrogens is 252 g/mol. The van der Waals surface area contributed by atoms with Crippen molar-refractivity contribution < 1.29 is 9.59 Å². The molecule has 0 aliphatic heterocycles. The Bertz CT molecular complexity index is 601. The van der Waals surface area contributed by atoms with Crippen molar-refractivity contribution in [2.45, 2.75) is 13.1 Å². The number of nitrogens with one attached hydrogen (secondary N) is 1. The van der Waals surface area contributed by atoms with Gasteiger partial charge in [0.05, 0.1) is 19.3 Å². The molecule has 2 aromatic rings. The molecule has 0 saturated heterocycles. The van der Waals surface area contributed by atoms with Gasteiger partial charge >= 0.3 is 0 Å². The number of carbonyl (C=O) groups excluding carboxylic acids is 2. The zero-order valence-electron chi connectivity index (χ0n) is 9.85. The highest BCUT2D eigenvalue weighted by atomic mass is 16.2. The first-order valence-electron chi connectivity index (χ1n) is 5.34. The minimum atomic E-state index is -0.582. The third-order valence-electron chi connectivity index (χ3n) is 2.35. The molecule has 2 heterocycles. The normalized spacial score (nSPS) is 10.4. The predicted molar refractivity (Wildman–Crippen MR) is 62.4 cm³/mol. The maximum atomic E-state index is 11.2. The van der Waals surface area contributed by atoms with E-state index in [-0.39, 0.29) is 11.4 Å².